The molecule has 1 aliphatic rings. The third-order valence-corrected chi connectivity index (χ3v) is 8.81. The third kappa shape index (κ3) is 20.9. The second-order valence-corrected chi connectivity index (χ2v) is 14.4. The van der Waals surface area contributed by atoms with Crippen LogP contribution in [0, 0.1) is 11.8 Å². The van der Waals surface area contributed by atoms with Gasteiger partial charge >= 0.3 is 16.4 Å². The summed E-state index contributed by atoms with van der Waals surface area (Å²) in [6.07, 6.45) is 27.6. The van der Waals surface area contributed by atoms with Crippen molar-refractivity contribution in [3.05, 3.63) is 107 Å². The average molecular weight is 773 g/mol. The molecule has 0 saturated carbocycles. The highest BCUT2D eigenvalue weighted by Crippen LogP contribution is 2.21. The summed E-state index contributed by atoms with van der Waals surface area (Å²) in [6.45, 7) is 12.7. The van der Waals surface area contributed by atoms with Crippen LogP contribution < -0.4 is 10.6 Å². The summed E-state index contributed by atoms with van der Waals surface area (Å²) in [5, 5.41) is 4.74. The number of esters is 1. The highest BCUT2D eigenvalue weighted by Gasteiger charge is 2.23. The van der Waals surface area contributed by atoms with E-state index in [4.69, 9.17) is 18.8 Å². The van der Waals surface area contributed by atoms with E-state index in [-0.39, 0.29) is 37.0 Å². The molecule has 0 spiro atoms. The Balaban J connectivity index is 3.38. The number of allylic oxidation sites excluding steroid dienone is 11. The van der Waals surface area contributed by atoms with Crippen LogP contribution in [0.1, 0.15) is 67.7 Å². The lowest BCUT2D eigenvalue weighted by atomic mass is 9.96. The van der Waals surface area contributed by atoms with Crippen molar-refractivity contribution in [2.24, 2.45) is 11.8 Å². The van der Waals surface area contributed by atoms with Crippen LogP contribution in [0.5, 0.6) is 0 Å². The fourth-order valence-corrected chi connectivity index (χ4v) is 5.50. The number of nitrogens with one attached hydrogen (secondary N) is 2. The third-order valence-electron chi connectivity index (χ3n) is 8.37. The minimum absolute atomic E-state index is 0.0480. The minimum Gasteiger partial charge on any atom is -0.454 e. The molecule has 300 valence electrons. The molecular weight excluding hydrogens is 713 g/mol. The van der Waals surface area contributed by atoms with Crippen LogP contribution in [-0.4, -0.2) is 83.0 Å². The zero-order valence-corrected chi connectivity index (χ0v) is 33.9. The van der Waals surface area contributed by atoms with E-state index in [2.05, 4.69) is 46.0 Å². The summed E-state index contributed by atoms with van der Waals surface area (Å²) in [5.74, 6) is -1.44. The standard InChI is InChI=1S/C41H60N2O10S/c1-29-14-12-18-36(50-8)17-11-10-16-33(5)39(34(6)23-22-32(4)26-42-40(45)38(43-28-44)27-52-54(47,48)49)53-41(46)35(7)24-30(2)20-21-31(3)25-37(51-9)19-13-15-29/h10-11,13-17,20-25,28,30,33,36-39H,12,18-19,26-27H2,1-9H3,(H,42,45)(H,43,44)(H,47,48,49)/b15-13+,16-10+,17-11+,21-20+,29-14+,31-25+,32-22+,34-23+,35-24+. The van der Waals surface area contributed by atoms with Gasteiger partial charge in [-0.05, 0) is 65.4 Å². The molecule has 1 heterocycles. The number of cyclic esters (lactones) is 1. The van der Waals surface area contributed by atoms with Crippen molar-refractivity contribution in [2.45, 2.75) is 92.1 Å². The number of hydrogen-bond donors (Lipinski definition) is 3. The zero-order valence-electron chi connectivity index (χ0n) is 33.1. The van der Waals surface area contributed by atoms with Crippen LogP contribution in [0.25, 0.3) is 0 Å². The van der Waals surface area contributed by atoms with Gasteiger partial charge in [-0.25, -0.2) is 8.98 Å². The van der Waals surface area contributed by atoms with Gasteiger partial charge in [0.05, 0.1) is 18.8 Å². The number of methoxy groups -OCH3 is 2. The Morgan fingerprint density at radius 3 is 2.33 bits per heavy atom. The van der Waals surface area contributed by atoms with Crippen LogP contribution >= 0.6 is 0 Å². The van der Waals surface area contributed by atoms with Gasteiger partial charge in [0.15, 0.2) is 0 Å². The molecule has 0 bridgehead atoms. The van der Waals surface area contributed by atoms with E-state index in [0.717, 1.165) is 30.4 Å². The maximum atomic E-state index is 13.4. The molecule has 0 aromatic rings. The fourth-order valence-electron chi connectivity index (χ4n) is 5.19. The maximum absolute atomic E-state index is 13.4. The molecule has 0 aromatic carbocycles. The number of carbonyl (C=O) groups is 3. The van der Waals surface area contributed by atoms with Crippen LogP contribution in [0.3, 0.4) is 0 Å². The molecule has 12 nitrogen and oxygen atoms in total. The van der Waals surface area contributed by atoms with Gasteiger partial charge in [0.1, 0.15) is 12.1 Å². The monoisotopic (exact) mass is 772 g/mol. The predicted molar refractivity (Wildman–Crippen MR) is 212 cm³/mol. The molecule has 6 unspecified atom stereocenters. The summed E-state index contributed by atoms with van der Waals surface area (Å²) in [5.41, 5.74) is 4.14. The normalized spacial score (nSPS) is 29.3. The van der Waals surface area contributed by atoms with Crippen molar-refractivity contribution in [3.8, 4) is 0 Å². The predicted octanol–water partition coefficient (Wildman–Crippen LogP) is 6.39. The van der Waals surface area contributed by atoms with E-state index >= 15 is 0 Å². The molecule has 0 radical (unpaired) electrons. The van der Waals surface area contributed by atoms with Crippen LogP contribution in [0.15, 0.2) is 107 Å². The van der Waals surface area contributed by atoms with Crippen molar-refractivity contribution in [3.63, 3.8) is 0 Å². The Morgan fingerprint density at radius 1 is 1.00 bits per heavy atom. The second-order valence-electron chi connectivity index (χ2n) is 13.3. The number of carbonyl (C=O) groups excluding carboxylic acids is 3. The van der Waals surface area contributed by atoms with Gasteiger partial charge < -0.3 is 24.8 Å². The first-order chi connectivity index (χ1) is 25.5. The van der Waals surface area contributed by atoms with Gasteiger partial charge in [0, 0.05) is 32.3 Å². The van der Waals surface area contributed by atoms with E-state index in [0.29, 0.717) is 11.1 Å². The Hall–Kier alpha value is -4.14. The van der Waals surface area contributed by atoms with Gasteiger partial charge in [-0.15, -0.1) is 0 Å². The highest BCUT2D eigenvalue weighted by atomic mass is 32.3. The highest BCUT2D eigenvalue weighted by molar-refractivity contribution is 7.80. The van der Waals surface area contributed by atoms with Crippen LogP contribution in [0.4, 0.5) is 0 Å². The average Bonchev–Trinajstić information content (AvgIpc) is 3.11. The van der Waals surface area contributed by atoms with E-state index in [1.165, 1.54) is 5.57 Å². The van der Waals surface area contributed by atoms with Crippen LogP contribution in [-0.2, 0) is 43.2 Å². The molecule has 13 heteroatoms. The SMILES string of the molecule is COC1/C=C(C)/C=C/C(C)/C=C(\C)C(=O)OC(/C(C)=C/C=C(\C)CNC(=O)C(COS(=O)(=O)O)NC=O)C(C)/C=C/C=C/C(OC)CC/C=C(C)/C=C/C1. The summed E-state index contributed by atoms with van der Waals surface area (Å²) >= 11 is 0. The molecule has 0 aliphatic carbocycles. The first kappa shape index (κ1) is 47.9. The Morgan fingerprint density at radius 2 is 1.69 bits per heavy atom. The summed E-state index contributed by atoms with van der Waals surface area (Å²) in [7, 11) is -1.43. The molecule has 0 fully saturated rings. The molecule has 6 atom stereocenters. The second kappa shape index (κ2) is 25.8. The molecule has 1 rings (SSSR count). The van der Waals surface area contributed by atoms with Gasteiger partial charge in [0.2, 0.25) is 12.3 Å². The molecule has 0 saturated heterocycles. The smallest absolute Gasteiger partial charge is 0.397 e. The van der Waals surface area contributed by atoms with E-state index in [1.807, 2.05) is 70.2 Å². The van der Waals surface area contributed by atoms with Crippen molar-refractivity contribution in [1.82, 2.24) is 10.6 Å². The van der Waals surface area contributed by atoms with Crippen molar-refractivity contribution >= 4 is 28.7 Å². The van der Waals surface area contributed by atoms with Crippen molar-refractivity contribution < 1.29 is 45.7 Å². The lowest BCUT2D eigenvalue weighted by Crippen LogP contribution is -2.47. The van der Waals surface area contributed by atoms with Crippen LogP contribution in [0.2, 0.25) is 0 Å². The number of rotatable bonds is 12. The number of hydrogen-bond acceptors (Lipinski definition) is 9. The van der Waals surface area contributed by atoms with Crippen molar-refractivity contribution in [1.29, 1.82) is 0 Å². The summed E-state index contributed by atoms with van der Waals surface area (Å²) < 4.78 is 52.3. The minimum atomic E-state index is -4.81. The van der Waals surface area contributed by atoms with Gasteiger partial charge in [-0.3, -0.25) is 14.1 Å². The van der Waals surface area contributed by atoms with E-state index in [9.17, 15) is 22.8 Å². The molecule has 54 heavy (non-hydrogen) atoms. The number of amides is 2. The largest absolute Gasteiger partial charge is 0.454 e. The van der Waals surface area contributed by atoms with Gasteiger partial charge in [-0.2, -0.15) is 8.42 Å². The maximum Gasteiger partial charge on any atom is 0.397 e. The fraction of sp³-hybridized carbons (Fsp3) is 0.488. The lowest BCUT2D eigenvalue weighted by Gasteiger charge is -2.23. The van der Waals surface area contributed by atoms with E-state index < -0.39 is 41.0 Å². The number of ether oxygens (including phenoxy) is 3. The molecule has 1 aliphatic heterocycles. The first-order valence-electron chi connectivity index (χ1n) is 17.9. The quantitative estimate of drug-likeness (QED) is 0.0876. The molecular formula is C41H60N2O10S. The molecule has 3 N–H and O–H groups in total. The van der Waals surface area contributed by atoms with E-state index in [1.54, 1.807) is 40.2 Å². The Kier molecular flexibility index (Phi) is 22.9. The summed E-state index contributed by atoms with van der Waals surface area (Å²) in [4.78, 5) is 36.9. The topological polar surface area (TPSA) is 167 Å². The Bertz CT molecular complexity index is 1610. The molecule has 2 amide bonds. The lowest BCUT2D eigenvalue weighted by molar-refractivity contribution is -0.144. The Labute approximate surface area is 322 Å². The van der Waals surface area contributed by atoms with Gasteiger partial charge in [0.25, 0.3) is 0 Å². The van der Waals surface area contributed by atoms with Gasteiger partial charge in [-0.1, -0.05) is 110 Å². The summed E-state index contributed by atoms with van der Waals surface area (Å²) in [6, 6.07) is -1.35. The van der Waals surface area contributed by atoms with Crippen molar-refractivity contribution in [2.75, 3.05) is 27.4 Å². The first-order valence-corrected chi connectivity index (χ1v) is 19.3. The molecule has 0 aromatic heterocycles. The zero-order chi connectivity index (χ0) is 40.7.